The van der Waals surface area contributed by atoms with E-state index in [1.54, 1.807) is 17.4 Å². The van der Waals surface area contributed by atoms with E-state index in [4.69, 9.17) is 0 Å². The molecule has 6 heteroatoms. The fraction of sp³-hybridized carbons (Fsp3) is 0.429. The molecule has 0 amide bonds. The van der Waals surface area contributed by atoms with Crippen LogP contribution < -0.4 is 5.32 Å². The van der Waals surface area contributed by atoms with Crippen molar-refractivity contribution in [3.63, 3.8) is 0 Å². The lowest BCUT2D eigenvalue weighted by atomic mass is 9.78. The van der Waals surface area contributed by atoms with Gasteiger partial charge in [-0.05, 0) is 60.0 Å². The van der Waals surface area contributed by atoms with Gasteiger partial charge < -0.3 is 5.32 Å². The molecule has 4 nitrogen and oxygen atoms in total. The number of nitrogens with one attached hydrogen (secondary N) is 1. The van der Waals surface area contributed by atoms with Crippen molar-refractivity contribution < 1.29 is 8.42 Å². The second-order valence-corrected chi connectivity index (χ2v) is 10.2. The maximum Gasteiger partial charge on any atom is 0.243 e. The average Bonchev–Trinajstić information content (AvgIpc) is 3.30. The zero-order chi connectivity index (χ0) is 19.2. The summed E-state index contributed by atoms with van der Waals surface area (Å²) in [6.45, 7) is 6.90. The lowest BCUT2D eigenvalue weighted by molar-refractivity contribution is 0.427. The molecule has 0 spiro atoms. The van der Waals surface area contributed by atoms with Crippen LogP contribution in [0.5, 0.6) is 0 Å². The third kappa shape index (κ3) is 3.04. The van der Waals surface area contributed by atoms with Gasteiger partial charge in [0.15, 0.2) is 0 Å². The first-order chi connectivity index (χ1) is 13.0. The van der Waals surface area contributed by atoms with Gasteiger partial charge in [-0.3, -0.25) is 0 Å². The highest BCUT2D eigenvalue weighted by molar-refractivity contribution is 7.89. The maximum atomic E-state index is 13.0. The maximum absolute atomic E-state index is 13.0. The second kappa shape index (κ2) is 7.08. The molecule has 0 bridgehead atoms. The van der Waals surface area contributed by atoms with Crippen molar-refractivity contribution in [2.75, 3.05) is 18.4 Å². The molecule has 0 fully saturated rings. The van der Waals surface area contributed by atoms with Crippen molar-refractivity contribution in [3.8, 4) is 0 Å². The summed E-state index contributed by atoms with van der Waals surface area (Å²) in [5.74, 6) is 0.695. The molecule has 1 aromatic heterocycles. The van der Waals surface area contributed by atoms with E-state index in [0.29, 0.717) is 23.9 Å². The van der Waals surface area contributed by atoms with E-state index in [1.165, 1.54) is 14.7 Å². The minimum Gasteiger partial charge on any atom is -0.377 e. The summed E-state index contributed by atoms with van der Waals surface area (Å²) in [7, 11) is -3.44. The summed E-state index contributed by atoms with van der Waals surface area (Å²) in [5, 5.41) is 5.86. The topological polar surface area (TPSA) is 49.4 Å². The predicted molar refractivity (Wildman–Crippen MR) is 112 cm³/mol. The molecule has 1 aromatic carbocycles. The molecule has 2 aliphatic rings. The van der Waals surface area contributed by atoms with E-state index in [0.717, 1.165) is 17.7 Å². The predicted octanol–water partition coefficient (Wildman–Crippen LogP) is 4.91. The van der Waals surface area contributed by atoms with Gasteiger partial charge in [0.2, 0.25) is 10.0 Å². The zero-order valence-corrected chi connectivity index (χ0v) is 17.6. The Bertz CT molecular complexity index is 974. The van der Waals surface area contributed by atoms with E-state index >= 15 is 0 Å². The van der Waals surface area contributed by atoms with Crippen LogP contribution in [0.2, 0.25) is 0 Å². The first-order valence-corrected chi connectivity index (χ1v) is 11.9. The quantitative estimate of drug-likeness (QED) is 0.723. The largest absolute Gasteiger partial charge is 0.377 e. The van der Waals surface area contributed by atoms with E-state index in [-0.39, 0.29) is 12.0 Å². The minimum atomic E-state index is -3.44. The molecule has 0 saturated carbocycles. The van der Waals surface area contributed by atoms with Gasteiger partial charge in [0.25, 0.3) is 0 Å². The first kappa shape index (κ1) is 18.7. The Morgan fingerprint density at radius 2 is 2.00 bits per heavy atom. The summed E-state index contributed by atoms with van der Waals surface area (Å²) in [6.07, 6.45) is 5.52. The van der Waals surface area contributed by atoms with Gasteiger partial charge in [-0.1, -0.05) is 26.0 Å². The molecule has 0 radical (unpaired) electrons. The Balaban J connectivity index is 1.76. The van der Waals surface area contributed by atoms with Crippen LogP contribution in [-0.4, -0.2) is 25.8 Å². The summed E-state index contributed by atoms with van der Waals surface area (Å²) < 4.78 is 27.4. The van der Waals surface area contributed by atoms with Crippen molar-refractivity contribution >= 4 is 27.0 Å². The third-order valence-corrected chi connectivity index (χ3v) is 9.01. The number of thiophene rings is 1. The molecule has 3 atom stereocenters. The Hall–Kier alpha value is -1.63. The number of sulfonamides is 1. The smallest absolute Gasteiger partial charge is 0.243 e. The number of rotatable bonds is 5. The van der Waals surface area contributed by atoms with Crippen LogP contribution in [0.25, 0.3) is 0 Å². The van der Waals surface area contributed by atoms with Crippen LogP contribution in [0, 0.1) is 12.8 Å². The Morgan fingerprint density at radius 1 is 1.22 bits per heavy atom. The fourth-order valence-electron chi connectivity index (χ4n) is 4.41. The van der Waals surface area contributed by atoms with E-state index < -0.39 is 10.0 Å². The van der Waals surface area contributed by atoms with Gasteiger partial charge in [-0.2, -0.15) is 4.31 Å². The summed E-state index contributed by atoms with van der Waals surface area (Å²) in [6, 6.07) is 8.04. The van der Waals surface area contributed by atoms with E-state index in [2.05, 4.69) is 35.8 Å². The molecule has 4 rings (SSSR count). The van der Waals surface area contributed by atoms with Crippen molar-refractivity contribution in [2.45, 2.75) is 44.0 Å². The zero-order valence-electron chi connectivity index (χ0n) is 16.0. The highest BCUT2D eigenvalue weighted by atomic mass is 32.2. The van der Waals surface area contributed by atoms with Gasteiger partial charge in [0, 0.05) is 29.6 Å². The highest BCUT2D eigenvalue weighted by Crippen LogP contribution is 2.51. The lowest BCUT2D eigenvalue weighted by Gasteiger charge is -2.37. The molecule has 0 saturated heterocycles. The minimum absolute atomic E-state index is 0.264. The van der Waals surface area contributed by atoms with Gasteiger partial charge in [0.1, 0.15) is 0 Å². The molecule has 2 heterocycles. The third-order valence-electron chi connectivity index (χ3n) is 5.86. The Labute approximate surface area is 166 Å². The summed E-state index contributed by atoms with van der Waals surface area (Å²) >= 11 is 1.80. The Kier molecular flexibility index (Phi) is 4.91. The number of hydrogen-bond donors (Lipinski definition) is 1. The van der Waals surface area contributed by atoms with Crippen LogP contribution in [0.15, 0.2) is 46.7 Å². The van der Waals surface area contributed by atoms with Gasteiger partial charge >= 0.3 is 0 Å². The number of anilines is 1. The van der Waals surface area contributed by atoms with E-state index in [9.17, 15) is 8.42 Å². The van der Waals surface area contributed by atoms with Gasteiger partial charge in [-0.25, -0.2) is 8.42 Å². The molecular formula is C21H26N2O2S2. The number of allylic oxidation sites excluding steroid dienone is 2. The number of hydrogen-bond acceptors (Lipinski definition) is 4. The number of fused-ring (bicyclic) bond motifs is 3. The van der Waals surface area contributed by atoms with Gasteiger partial charge in [0.05, 0.1) is 10.9 Å². The SMILES string of the molecule is CCN(CC)S(=O)(=O)c1ccc2c(c1)C1C=CCC1C(c1sccc1C)N2. The molecule has 1 aliphatic carbocycles. The van der Waals surface area contributed by atoms with Crippen LogP contribution in [0.3, 0.4) is 0 Å². The van der Waals surface area contributed by atoms with Crippen LogP contribution in [0.4, 0.5) is 5.69 Å². The van der Waals surface area contributed by atoms with Crippen molar-refractivity contribution in [1.29, 1.82) is 0 Å². The first-order valence-electron chi connectivity index (χ1n) is 9.58. The summed E-state index contributed by atoms with van der Waals surface area (Å²) in [5.41, 5.74) is 3.49. The molecule has 1 aliphatic heterocycles. The molecule has 1 N–H and O–H groups in total. The molecule has 3 unspecified atom stereocenters. The monoisotopic (exact) mass is 402 g/mol. The molecular weight excluding hydrogens is 376 g/mol. The highest BCUT2D eigenvalue weighted by Gasteiger charge is 2.39. The summed E-state index contributed by atoms with van der Waals surface area (Å²) in [4.78, 5) is 1.79. The molecule has 27 heavy (non-hydrogen) atoms. The number of benzene rings is 1. The van der Waals surface area contributed by atoms with Crippen molar-refractivity contribution in [2.24, 2.45) is 5.92 Å². The van der Waals surface area contributed by atoms with Crippen LogP contribution in [-0.2, 0) is 10.0 Å². The van der Waals surface area contributed by atoms with Crippen molar-refractivity contribution in [1.82, 2.24) is 4.31 Å². The standard InChI is InChI=1S/C21H26N2O2S2/c1-4-23(5-2)27(24,25)15-9-10-19-18(13-15)16-7-6-8-17(16)20(22-19)21-14(3)11-12-26-21/h6-7,9-13,16-17,20,22H,4-5,8H2,1-3H3. The van der Waals surface area contributed by atoms with Crippen LogP contribution >= 0.6 is 11.3 Å². The number of nitrogens with zero attached hydrogens (tertiary/aromatic N) is 1. The second-order valence-electron chi connectivity index (χ2n) is 7.28. The van der Waals surface area contributed by atoms with Crippen molar-refractivity contribution in [3.05, 3.63) is 57.8 Å². The van der Waals surface area contributed by atoms with E-state index in [1.807, 2.05) is 26.0 Å². The number of aryl methyl sites for hydroxylation is 1. The van der Waals surface area contributed by atoms with Crippen LogP contribution in [0.1, 0.15) is 48.2 Å². The van der Waals surface area contributed by atoms with Gasteiger partial charge in [-0.15, -0.1) is 11.3 Å². The normalized spacial score (nSPS) is 23.9. The Morgan fingerprint density at radius 3 is 2.67 bits per heavy atom. The molecule has 144 valence electrons. The average molecular weight is 403 g/mol. The molecule has 2 aromatic rings. The fourth-order valence-corrected chi connectivity index (χ4v) is 6.95. The lowest BCUT2D eigenvalue weighted by Crippen LogP contribution is -2.32.